The van der Waals surface area contributed by atoms with E-state index in [2.05, 4.69) is 5.32 Å². The molecule has 7 heteroatoms. The van der Waals surface area contributed by atoms with Crippen molar-refractivity contribution in [2.24, 2.45) is 0 Å². The van der Waals surface area contributed by atoms with Gasteiger partial charge < -0.3 is 4.90 Å². The number of halogens is 2. The summed E-state index contributed by atoms with van der Waals surface area (Å²) < 4.78 is 0. The molecule has 21 heavy (non-hydrogen) atoms. The summed E-state index contributed by atoms with van der Waals surface area (Å²) in [7, 11) is 0. The maximum Gasteiger partial charge on any atom is 0.257 e. The third-order valence-electron chi connectivity index (χ3n) is 3.93. The molecule has 1 spiro atoms. The van der Waals surface area contributed by atoms with Crippen LogP contribution in [0.4, 0.5) is 0 Å². The van der Waals surface area contributed by atoms with E-state index < -0.39 is 17.4 Å². The molecule has 1 aromatic carbocycles. The molecular formula is C14H12Cl2N2O3. The van der Waals surface area contributed by atoms with Crippen LogP contribution in [0.25, 0.3) is 0 Å². The average molecular weight is 327 g/mol. The van der Waals surface area contributed by atoms with Crippen LogP contribution in [0.15, 0.2) is 12.1 Å². The molecule has 2 aliphatic heterocycles. The van der Waals surface area contributed by atoms with E-state index in [4.69, 9.17) is 23.2 Å². The van der Waals surface area contributed by atoms with Gasteiger partial charge in [-0.3, -0.25) is 19.7 Å². The van der Waals surface area contributed by atoms with Gasteiger partial charge in [0.25, 0.3) is 11.8 Å². The second kappa shape index (κ2) is 4.71. The lowest BCUT2D eigenvalue weighted by Crippen LogP contribution is -2.49. The Bertz CT molecular complexity index is 689. The molecule has 0 saturated carbocycles. The highest BCUT2D eigenvalue weighted by Crippen LogP contribution is 2.46. The summed E-state index contributed by atoms with van der Waals surface area (Å²) in [4.78, 5) is 38.1. The molecule has 1 atom stereocenters. The van der Waals surface area contributed by atoms with Gasteiger partial charge in [0, 0.05) is 17.7 Å². The number of nitrogens with one attached hydrogen (secondary N) is 1. The van der Waals surface area contributed by atoms with Crippen LogP contribution in [-0.2, 0) is 15.1 Å². The molecule has 0 aromatic heterocycles. The molecule has 0 radical (unpaired) electrons. The number of nitrogens with zero attached hydrogens (tertiary/aromatic N) is 1. The summed E-state index contributed by atoms with van der Waals surface area (Å²) in [5, 5.41) is 2.79. The number of hydrogen-bond donors (Lipinski definition) is 1. The van der Waals surface area contributed by atoms with Crippen LogP contribution in [0.1, 0.15) is 35.7 Å². The lowest BCUT2D eigenvalue weighted by molar-refractivity contribution is -0.129. The Morgan fingerprint density at radius 2 is 1.90 bits per heavy atom. The summed E-state index contributed by atoms with van der Waals surface area (Å²) in [5.74, 6) is -1.17. The van der Waals surface area contributed by atoms with E-state index in [9.17, 15) is 14.4 Å². The summed E-state index contributed by atoms with van der Waals surface area (Å²) in [6.45, 7) is 2.28. The minimum Gasteiger partial charge on any atom is -0.319 e. The molecule has 0 aliphatic carbocycles. The van der Waals surface area contributed by atoms with E-state index in [0.717, 1.165) is 0 Å². The van der Waals surface area contributed by atoms with Gasteiger partial charge in [0.2, 0.25) is 5.91 Å². The number of benzene rings is 1. The maximum absolute atomic E-state index is 12.6. The van der Waals surface area contributed by atoms with Crippen LogP contribution in [0.5, 0.6) is 0 Å². The molecule has 1 aromatic rings. The Morgan fingerprint density at radius 1 is 1.24 bits per heavy atom. The molecule has 1 unspecified atom stereocenters. The first-order valence-electron chi connectivity index (χ1n) is 6.57. The minimum atomic E-state index is -1.28. The first-order valence-corrected chi connectivity index (χ1v) is 7.33. The standard InChI is InChI=1S/C14H12Cl2N2O3/c1-2-3-18-12(20)7-4-9(15)10(16)5-8(7)14(18)6-11(19)17-13(14)21/h4-5H,2-3,6H2,1H3,(H,17,19,21). The van der Waals surface area contributed by atoms with Crippen molar-refractivity contribution in [2.45, 2.75) is 25.3 Å². The second-order valence-corrected chi connectivity index (χ2v) is 6.00. The fraction of sp³-hybridized carbons (Fsp3) is 0.357. The van der Waals surface area contributed by atoms with Crippen molar-refractivity contribution in [2.75, 3.05) is 6.54 Å². The van der Waals surface area contributed by atoms with Gasteiger partial charge in [-0.05, 0) is 18.6 Å². The zero-order chi connectivity index (χ0) is 15.4. The van der Waals surface area contributed by atoms with Crippen molar-refractivity contribution in [1.82, 2.24) is 10.2 Å². The Hall–Kier alpha value is -1.59. The Balaban J connectivity index is 2.27. The molecule has 3 rings (SSSR count). The zero-order valence-electron chi connectivity index (χ0n) is 11.2. The van der Waals surface area contributed by atoms with Gasteiger partial charge in [-0.2, -0.15) is 0 Å². The second-order valence-electron chi connectivity index (χ2n) is 5.18. The Morgan fingerprint density at radius 3 is 2.48 bits per heavy atom. The number of fused-ring (bicyclic) bond motifs is 2. The number of hydrogen-bond acceptors (Lipinski definition) is 3. The van der Waals surface area contributed by atoms with Crippen LogP contribution in [0.2, 0.25) is 10.0 Å². The number of imide groups is 1. The summed E-state index contributed by atoms with van der Waals surface area (Å²) in [6, 6.07) is 2.99. The van der Waals surface area contributed by atoms with Crippen LogP contribution in [-0.4, -0.2) is 29.2 Å². The molecule has 1 N–H and O–H groups in total. The van der Waals surface area contributed by atoms with Gasteiger partial charge in [0.15, 0.2) is 5.54 Å². The molecule has 0 bridgehead atoms. The molecule has 2 aliphatic rings. The molecule has 1 saturated heterocycles. The fourth-order valence-electron chi connectivity index (χ4n) is 3.07. The van der Waals surface area contributed by atoms with Crippen molar-refractivity contribution < 1.29 is 14.4 Å². The third kappa shape index (κ3) is 1.80. The molecule has 1 fully saturated rings. The summed E-state index contributed by atoms with van der Waals surface area (Å²) in [5.41, 5.74) is -0.491. The monoisotopic (exact) mass is 326 g/mol. The number of rotatable bonds is 2. The zero-order valence-corrected chi connectivity index (χ0v) is 12.7. The molecule has 3 amide bonds. The Kier molecular flexibility index (Phi) is 3.22. The highest BCUT2D eigenvalue weighted by molar-refractivity contribution is 6.42. The van der Waals surface area contributed by atoms with Crippen molar-refractivity contribution >= 4 is 40.9 Å². The lowest BCUT2D eigenvalue weighted by Gasteiger charge is -2.32. The largest absolute Gasteiger partial charge is 0.319 e. The SMILES string of the molecule is CCCN1C(=O)c2cc(Cl)c(Cl)cc2C12CC(=O)NC2=O. The summed E-state index contributed by atoms with van der Waals surface area (Å²) in [6.07, 6.45) is 0.590. The van der Waals surface area contributed by atoms with E-state index in [1.165, 1.54) is 17.0 Å². The number of amides is 3. The van der Waals surface area contributed by atoms with E-state index >= 15 is 0 Å². The van der Waals surface area contributed by atoms with Crippen LogP contribution >= 0.6 is 23.2 Å². The van der Waals surface area contributed by atoms with Crippen molar-refractivity contribution in [3.05, 3.63) is 33.3 Å². The molecule has 2 heterocycles. The fourth-order valence-corrected chi connectivity index (χ4v) is 3.40. The van der Waals surface area contributed by atoms with Gasteiger partial charge in [0.05, 0.1) is 16.5 Å². The smallest absolute Gasteiger partial charge is 0.257 e. The number of carbonyl (C=O) groups is 3. The first kappa shape index (κ1) is 14.4. The predicted molar refractivity (Wildman–Crippen MR) is 77.2 cm³/mol. The van der Waals surface area contributed by atoms with Crippen molar-refractivity contribution in [3.8, 4) is 0 Å². The van der Waals surface area contributed by atoms with Gasteiger partial charge >= 0.3 is 0 Å². The van der Waals surface area contributed by atoms with E-state index in [-0.39, 0.29) is 22.4 Å². The van der Waals surface area contributed by atoms with Crippen LogP contribution in [0, 0.1) is 0 Å². The quantitative estimate of drug-likeness (QED) is 0.846. The highest BCUT2D eigenvalue weighted by atomic mass is 35.5. The Labute approximate surface area is 131 Å². The van der Waals surface area contributed by atoms with Crippen molar-refractivity contribution in [1.29, 1.82) is 0 Å². The minimum absolute atomic E-state index is 0.0808. The topological polar surface area (TPSA) is 66.5 Å². The number of carbonyl (C=O) groups excluding carboxylic acids is 3. The van der Waals surface area contributed by atoms with Crippen LogP contribution in [0.3, 0.4) is 0 Å². The van der Waals surface area contributed by atoms with E-state index in [1.807, 2.05) is 6.92 Å². The van der Waals surface area contributed by atoms with Gasteiger partial charge in [-0.25, -0.2) is 0 Å². The summed E-state index contributed by atoms with van der Waals surface area (Å²) >= 11 is 12.0. The molecule has 110 valence electrons. The normalized spacial score (nSPS) is 24.0. The predicted octanol–water partition coefficient (Wildman–Crippen LogP) is 2.10. The van der Waals surface area contributed by atoms with Gasteiger partial charge in [-0.15, -0.1) is 0 Å². The first-order chi connectivity index (χ1) is 9.91. The lowest BCUT2D eigenvalue weighted by atomic mass is 9.87. The van der Waals surface area contributed by atoms with Crippen LogP contribution < -0.4 is 5.32 Å². The van der Waals surface area contributed by atoms with Gasteiger partial charge in [-0.1, -0.05) is 30.1 Å². The van der Waals surface area contributed by atoms with Crippen molar-refractivity contribution in [3.63, 3.8) is 0 Å². The average Bonchev–Trinajstić information content (AvgIpc) is 2.83. The van der Waals surface area contributed by atoms with E-state index in [1.54, 1.807) is 0 Å². The highest BCUT2D eigenvalue weighted by Gasteiger charge is 2.59. The molecular weight excluding hydrogens is 315 g/mol. The maximum atomic E-state index is 12.6. The molecule has 5 nitrogen and oxygen atoms in total. The third-order valence-corrected chi connectivity index (χ3v) is 4.66. The van der Waals surface area contributed by atoms with Gasteiger partial charge in [0.1, 0.15) is 0 Å². The van der Waals surface area contributed by atoms with E-state index in [0.29, 0.717) is 24.1 Å².